The maximum Gasteiger partial charge on any atom is 0.240 e. The number of tetrazole rings is 1. The third-order valence-corrected chi connectivity index (χ3v) is 2.53. The molecule has 1 N–H and O–H groups in total. The Balaban J connectivity index is 1.87. The quantitative estimate of drug-likeness (QED) is 0.771. The summed E-state index contributed by atoms with van der Waals surface area (Å²) in [5.74, 6) is 1.21. The lowest BCUT2D eigenvalue weighted by Gasteiger charge is -2.03. The van der Waals surface area contributed by atoms with Crippen LogP contribution in [-0.4, -0.2) is 33.3 Å². The van der Waals surface area contributed by atoms with Crippen molar-refractivity contribution < 1.29 is 4.42 Å². The highest BCUT2D eigenvalue weighted by atomic mass is 16.3. The summed E-state index contributed by atoms with van der Waals surface area (Å²) in [6.07, 6.45) is 2.65. The van der Waals surface area contributed by atoms with Gasteiger partial charge in [-0.3, -0.25) is 0 Å². The molecule has 1 aliphatic rings. The Hall–Kier alpha value is -1.69. The fourth-order valence-electron chi connectivity index (χ4n) is 1.72. The topological polar surface area (TPSA) is 68.8 Å². The van der Waals surface area contributed by atoms with E-state index in [-0.39, 0.29) is 0 Å². The van der Waals surface area contributed by atoms with Crippen LogP contribution in [0, 0.1) is 0 Å². The number of furan rings is 1. The second-order valence-electron chi connectivity index (χ2n) is 3.56. The molecule has 6 heteroatoms. The van der Waals surface area contributed by atoms with Gasteiger partial charge in [-0.05, 0) is 30.3 Å². The highest BCUT2D eigenvalue weighted by molar-refractivity contribution is 5.43. The molecule has 0 saturated carbocycles. The lowest BCUT2D eigenvalue weighted by Crippen LogP contribution is -2.15. The van der Waals surface area contributed by atoms with E-state index in [4.69, 9.17) is 4.42 Å². The van der Waals surface area contributed by atoms with Crippen LogP contribution in [0.25, 0.3) is 11.6 Å². The molecule has 1 saturated heterocycles. The van der Waals surface area contributed by atoms with Crippen molar-refractivity contribution in [1.29, 1.82) is 0 Å². The molecule has 3 heterocycles. The van der Waals surface area contributed by atoms with E-state index in [1.54, 1.807) is 11.1 Å². The van der Waals surface area contributed by atoms with Gasteiger partial charge >= 0.3 is 0 Å². The molecule has 0 amide bonds. The molecule has 0 aliphatic carbocycles. The lowest BCUT2D eigenvalue weighted by molar-refractivity contribution is 0.423. The Morgan fingerprint density at radius 2 is 2.53 bits per heavy atom. The molecular weight excluding hydrogens is 194 g/mol. The molecule has 0 spiro atoms. The molecule has 78 valence electrons. The van der Waals surface area contributed by atoms with E-state index in [1.807, 2.05) is 12.1 Å². The maximum atomic E-state index is 5.20. The Kier molecular flexibility index (Phi) is 1.99. The van der Waals surface area contributed by atoms with Gasteiger partial charge < -0.3 is 9.73 Å². The van der Waals surface area contributed by atoms with Crippen LogP contribution in [0.5, 0.6) is 0 Å². The van der Waals surface area contributed by atoms with Crippen LogP contribution in [0.4, 0.5) is 0 Å². The van der Waals surface area contributed by atoms with Crippen LogP contribution in [0.1, 0.15) is 12.5 Å². The summed E-state index contributed by atoms with van der Waals surface area (Å²) >= 11 is 0. The minimum Gasteiger partial charge on any atom is -0.461 e. The average Bonchev–Trinajstić information content (AvgIpc) is 3.02. The number of rotatable bonds is 2. The SMILES string of the molecule is c1coc(-c2nnn(C3CCNC3)n2)c1. The van der Waals surface area contributed by atoms with Crippen molar-refractivity contribution in [3.63, 3.8) is 0 Å². The van der Waals surface area contributed by atoms with Gasteiger partial charge in [0.05, 0.1) is 12.3 Å². The highest BCUT2D eigenvalue weighted by Gasteiger charge is 2.19. The van der Waals surface area contributed by atoms with E-state index in [1.165, 1.54) is 0 Å². The molecule has 1 unspecified atom stereocenters. The van der Waals surface area contributed by atoms with Crippen LogP contribution in [0.3, 0.4) is 0 Å². The van der Waals surface area contributed by atoms with Gasteiger partial charge in [0.1, 0.15) is 0 Å². The second-order valence-corrected chi connectivity index (χ2v) is 3.56. The third-order valence-electron chi connectivity index (χ3n) is 2.53. The minimum absolute atomic E-state index is 0.321. The maximum absolute atomic E-state index is 5.20. The van der Waals surface area contributed by atoms with Gasteiger partial charge in [-0.2, -0.15) is 4.80 Å². The first-order chi connectivity index (χ1) is 7.43. The minimum atomic E-state index is 0.321. The van der Waals surface area contributed by atoms with Crippen LogP contribution in [-0.2, 0) is 0 Å². The van der Waals surface area contributed by atoms with Crippen LogP contribution >= 0.6 is 0 Å². The number of hydrogen-bond acceptors (Lipinski definition) is 5. The number of hydrogen-bond donors (Lipinski definition) is 1. The fraction of sp³-hybridized carbons (Fsp3) is 0.444. The van der Waals surface area contributed by atoms with Gasteiger partial charge in [0.25, 0.3) is 0 Å². The van der Waals surface area contributed by atoms with Crippen molar-refractivity contribution in [1.82, 2.24) is 25.5 Å². The summed E-state index contributed by atoms with van der Waals surface area (Å²) in [5.41, 5.74) is 0. The van der Waals surface area contributed by atoms with Gasteiger partial charge in [-0.15, -0.1) is 10.2 Å². The fourth-order valence-corrected chi connectivity index (χ4v) is 1.72. The van der Waals surface area contributed by atoms with Crippen molar-refractivity contribution in [2.24, 2.45) is 0 Å². The van der Waals surface area contributed by atoms with E-state index in [0.29, 0.717) is 17.6 Å². The summed E-state index contributed by atoms with van der Waals surface area (Å²) in [5, 5.41) is 15.6. The monoisotopic (exact) mass is 205 g/mol. The summed E-state index contributed by atoms with van der Waals surface area (Å²) < 4.78 is 5.20. The zero-order chi connectivity index (χ0) is 10.1. The summed E-state index contributed by atoms with van der Waals surface area (Å²) in [6, 6.07) is 3.96. The zero-order valence-electron chi connectivity index (χ0n) is 8.13. The van der Waals surface area contributed by atoms with Gasteiger partial charge in [0.2, 0.25) is 5.82 Å². The Bertz CT molecular complexity index is 429. The molecule has 3 rings (SSSR count). The van der Waals surface area contributed by atoms with Gasteiger partial charge in [-0.1, -0.05) is 0 Å². The molecule has 6 nitrogen and oxygen atoms in total. The molecule has 1 atom stereocenters. The van der Waals surface area contributed by atoms with Crippen molar-refractivity contribution in [2.75, 3.05) is 13.1 Å². The van der Waals surface area contributed by atoms with Crippen molar-refractivity contribution in [3.8, 4) is 11.6 Å². The molecular formula is C9H11N5O. The first-order valence-corrected chi connectivity index (χ1v) is 4.97. The molecule has 2 aromatic rings. The van der Waals surface area contributed by atoms with Crippen LogP contribution < -0.4 is 5.32 Å². The van der Waals surface area contributed by atoms with Crippen molar-refractivity contribution >= 4 is 0 Å². The normalized spacial score (nSPS) is 20.9. The van der Waals surface area contributed by atoms with E-state index >= 15 is 0 Å². The predicted octanol–water partition coefficient (Wildman–Crippen LogP) is 0.467. The largest absolute Gasteiger partial charge is 0.461 e. The predicted molar refractivity (Wildman–Crippen MR) is 52.0 cm³/mol. The van der Waals surface area contributed by atoms with Gasteiger partial charge in [-0.25, -0.2) is 0 Å². The Morgan fingerprint density at radius 3 is 3.27 bits per heavy atom. The van der Waals surface area contributed by atoms with Crippen LogP contribution in [0.15, 0.2) is 22.8 Å². The van der Waals surface area contributed by atoms with Crippen molar-refractivity contribution in [3.05, 3.63) is 18.4 Å². The first-order valence-electron chi connectivity index (χ1n) is 4.97. The molecule has 1 fully saturated rings. The Morgan fingerprint density at radius 1 is 1.53 bits per heavy atom. The van der Waals surface area contributed by atoms with Crippen LogP contribution in [0.2, 0.25) is 0 Å². The van der Waals surface area contributed by atoms with Crippen molar-refractivity contribution in [2.45, 2.75) is 12.5 Å². The second kappa shape index (κ2) is 3.47. The van der Waals surface area contributed by atoms with Gasteiger partial charge in [0.15, 0.2) is 5.76 Å². The summed E-state index contributed by atoms with van der Waals surface area (Å²) in [6.45, 7) is 1.93. The van der Waals surface area contributed by atoms with E-state index in [9.17, 15) is 0 Å². The smallest absolute Gasteiger partial charge is 0.240 e. The average molecular weight is 205 g/mol. The molecule has 0 aromatic carbocycles. The lowest BCUT2D eigenvalue weighted by atomic mass is 10.3. The van der Waals surface area contributed by atoms with E-state index in [0.717, 1.165) is 19.5 Å². The third kappa shape index (κ3) is 1.52. The standard InChI is InChI=1S/C9H11N5O/c1-2-8(15-5-1)9-11-13-14(12-9)7-3-4-10-6-7/h1-2,5,7,10H,3-4,6H2. The molecule has 2 aromatic heterocycles. The van der Waals surface area contributed by atoms with Gasteiger partial charge in [0, 0.05) is 6.54 Å². The molecule has 0 radical (unpaired) electrons. The summed E-state index contributed by atoms with van der Waals surface area (Å²) in [4.78, 5) is 1.66. The van der Waals surface area contributed by atoms with E-state index < -0.39 is 0 Å². The number of nitrogens with one attached hydrogen (secondary N) is 1. The Labute approximate surface area is 86.3 Å². The highest BCUT2D eigenvalue weighted by Crippen LogP contribution is 2.16. The molecule has 1 aliphatic heterocycles. The molecule has 15 heavy (non-hydrogen) atoms. The van der Waals surface area contributed by atoms with E-state index in [2.05, 4.69) is 20.7 Å². The summed E-state index contributed by atoms with van der Waals surface area (Å²) in [7, 11) is 0. The number of aromatic nitrogens is 4. The zero-order valence-corrected chi connectivity index (χ0v) is 8.13. The first kappa shape index (κ1) is 8.60. The number of nitrogens with zero attached hydrogens (tertiary/aromatic N) is 4. The molecule has 0 bridgehead atoms.